The number of aliphatic hydroxyl groups is 1. The fourth-order valence-electron chi connectivity index (χ4n) is 4.75. The van der Waals surface area contributed by atoms with Gasteiger partial charge in [0.05, 0.1) is 27.7 Å². The smallest absolute Gasteiger partial charge is 0.408 e. The molecule has 0 aliphatic rings. The highest BCUT2D eigenvalue weighted by Gasteiger charge is 2.28. The summed E-state index contributed by atoms with van der Waals surface area (Å²) in [6.07, 6.45) is 0.0388. The van der Waals surface area contributed by atoms with E-state index in [2.05, 4.69) is 25.3 Å². The number of nitrogens with zero attached hydrogens (tertiary/aromatic N) is 2. The SMILES string of the molecule is CC(C)c1nc(COC(=O)N[C@@H](C)C(=O)N[C@@H](Cc2ccccc2)C[C@H](O)[C@H](Cc2ccccc2)NC(=O)OCc2ccns2)cs1. The third kappa shape index (κ3) is 12.1. The molecule has 0 aliphatic heterocycles. The van der Waals surface area contributed by atoms with Crippen LogP contribution in [0.4, 0.5) is 9.59 Å². The average Bonchev–Trinajstić information content (AvgIpc) is 3.76. The Kier molecular flexibility index (Phi) is 13.7. The zero-order valence-electron chi connectivity index (χ0n) is 26.6. The van der Waals surface area contributed by atoms with Crippen LogP contribution in [0.5, 0.6) is 0 Å². The summed E-state index contributed by atoms with van der Waals surface area (Å²) in [7, 11) is 0. The number of carbonyl (C=O) groups excluding carboxylic acids is 3. The molecule has 4 N–H and O–H groups in total. The molecule has 3 amide bonds. The fourth-order valence-corrected chi connectivity index (χ4v) is 6.06. The second-order valence-corrected chi connectivity index (χ2v) is 13.3. The van der Waals surface area contributed by atoms with Crippen molar-refractivity contribution in [3.05, 3.63) is 105 Å². The van der Waals surface area contributed by atoms with Gasteiger partial charge in [0.15, 0.2) is 0 Å². The van der Waals surface area contributed by atoms with Crippen molar-refractivity contribution in [2.75, 3.05) is 0 Å². The Morgan fingerprint density at radius 2 is 1.47 bits per heavy atom. The van der Waals surface area contributed by atoms with E-state index < -0.39 is 42.3 Å². The molecule has 250 valence electrons. The van der Waals surface area contributed by atoms with Crippen molar-refractivity contribution in [3.63, 3.8) is 0 Å². The summed E-state index contributed by atoms with van der Waals surface area (Å²) >= 11 is 2.74. The van der Waals surface area contributed by atoms with Crippen molar-refractivity contribution in [2.45, 2.75) is 83.4 Å². The van der Waals surface area contributed by atoms with Crippen molar-refractivity contribution in [1.82, 2.24) is 25.3 Å². The van der Waals surface area contributed by atoms with Crippen LogP contribution in [0.15, 0.2) is 78.3 Å². The van der Waals surface area contributed by atoms with Gasteiger partial charge in [0.2, 0.25) is 5.91 Å². The standard InChI is InChI=1S/C34H41N5O6S2/c1-22(2)32-38-27(21-46-32)19-44-33(42)36-23(3)31(41)37-26(16-24-10-6-4-7-11-24)18-30(40)29(17-25-12-8-5-9-13-25)39-34(43)45-20-28-14-15-35-47-28/h4-15,21-23,26,29-30,40H,16-20H2,1-3H3,(H,36,42)(H,37,41)(H,39,43)/t23-,26-,29-,30-/m0/s1. The first-order valence-electron chi connectivity index (χ1n) is 15.4. The number of alkyl carbamates (subject to hydrolysis) is 2. The predicted molar refractivity (Wildman–Crippen MR) is 181 cm³/mol. The molecule has 0 unspecified atom stereocenters. The maximum absolute atomic E-state index is 13.3. The Bertz CT molecular complexity index is 1530. The summed E-state index contributed by atoms with van der Waals surface area (Å²) < 4.78 is 14.7. The van der Waals surface area contributed by atoms with Crippen molar-refractivity contribution >= 4 is 41.0 Å². The number of aliphatic hydroxyl groups excluding tert-OH is 1. The molecule has 0 radical (unpaired) electrons. The molecule has 47 heavy (non-hydrogen) atoms. The molecule has 2 aromatic carbocycles. The Hall–Kier alpha value is -4.33. The summed E-state index contributed by atoms with van der Waals surface area (Å²) in [4.78, 5) is 43.8. The number of amides is 3. The lowest BCUT2D eigenvalue weighted by Gasteiger charge is -2.29. The van der Waals surface area contributed by atoms with E-state index in [1.54, 1.807) is 19.2 Å². The van der Waals surface area contributed by atoms with Gasteiger partial charge in [-0.2, -0.15) is 0 Å². The molecule has 0 bridgehead atoms. The van der Waals surface area contributed by atoms with Gasteiger partial charge in [0.25, 0.3) is 0 Å². The van der Waals surface area contributed by atoms with Gasteiger partial charge in [-0.3, -0.25) is 4.79 Å². The molecule has 4 atom stereocenters. The molecular formula is C34H41N5O6S2. The quantitative estimate of drug-likeness (QED) is 0.124. The normalized spacial score (nSPS) is 13.6. The van der Waals surface area contributed by atoms with E-state index >= 15 is 0 Å². The topological polar surface area (TPSA) is 152 Å². The largest absolute Gasteiger partial charge is 0.444 e. The Balaban J connectivity index is 1.39. The lowest BCUT2D eigenvalue weighted by Crippen LogP contribution is -2.52. The van der Waals surface area contributed by atoms with Crippen molar-refractivity contribution in [2.24, 2.45) is 0 Å². The second kappa shape index (κ2) is 18.1. The molecule has 0 spiro atoms. The molecule has 0 fully saturated rings. The van der Waals surface area contributed by atoms with E-state index in [9.17, 15) is 19.5 Å². The van der Waals surface area contributed by atoms with E-state index in [-0.39, 0.29) is 25.6 Å². The number of hydrogen-bond donors (Lipinski definition) is 4. The van der Waals surface area contributed by atoms with Gasteiger partial charge in [-0.15, -0.1) is 11.3 Å². The first kappa shape index (κ1) is 35.5. The van der Waals surface area contributed by atoms with Crippen LogP contribution in [0.2, 0.25) is 0 Å². The molecule has 13 heteroatoms. The van der Waals surface area contributed by atoms with E-state index in [4.69, 9.17) is 9.47 Å². The molecule has 11 nitrogen and oxygen atoms in total. The van der Waals surface area contributed by atoms with Crippen LogP contribution in [-0.2, 0) is 40.3 Å². The van der Waals surface area contributed by atoms with E-state index in [0.717, 1.165) is 21.0 Å². The maximum atomic E-state index is 13.3. The Morgan fingerprint density at radius 3 is 2.09 bits per heavy atom. The number of benzene rings is 2. The van der Waals surface area contributed by atoms with Crippen LogP contribution >= 0.6 is 22.9 Å². The number of thiazole rings is 1. The second-order valence-electron chi connectivity index (χ2n) is 11.5. The minimum absolute atomic E-state index is 0.00529. The highest BCUT2D eigenvalue weighted by atomic mass is 32.1. The molecule has 2 aromatic heterocycles. The molecule has 0 saturated carbocycles. The molecule has 4 aromatic rings. The fraction of sp³-hybridized carbons (Fsp3) is 0.382. The van der Waals surface area contributed by atoms with Gasteiger partial charge >= 0.3 is 12.2 Å². The molecular weight excluding hydrogens is 639 g/mol. The van der Waals surface area contributed by atoms with Gasteiger partial charge < -0.3 is 30.5 Å². The van der Waals surface area contributed by atoms with E-state index in [1.807, 2.05) is 79.9 Å². The van der Waals surface area contributed by atoms with Gasteiger partial charge in [-0.1, -0.05) is 74.5 Å². The number of ether oxygens (including phenoxy) is 2. The van der Waals surface area contributed by atoms with Crippen LogP contribution in [-0.4, -0.2) is 56.8 Å². The van der Waals surface area contributed by atoms with Crippen LogP contribution in [0.3, 0.4) is 0 Å². The van der Waals surface area contributed by atoms with Crippen LogP contribution in [0.25, 0.3) is 0 Å². The third-order valence-corrected chi connectivity index (χ3v) is 9.15. The van der Waals surface area contributed by atoms with Crippen LogP contribution in [0.1, 0.15) is 59.8 Å². The highest BCUT2D eigenvalue weighted by Crippen LogP contribution is 2.20. The zero-order chi connectivity index (χ0) is 33.6. The zero-order valence-corrected chi connectivity index (χ0v) is 28.3. The highest BCUT2D eigenvalue weighted by molar-refractivity contribution is 7.09. The number of hydrogen-bond acceptors (Lipinski definition) is 10. The summed E-state index contributed by atoms with van der Waals surface area (Å²) in [5.74, 6) is -0.164. The lowest BCUT2D eigenvalue weighted by molar-refractivity contribution is -0.123. The van der Waals surface area contributed by atoms with Gasteiger partial charge in [0, 0.05) is 23.5 Å². The number of carbonyl (C=O) groups is 3. The summed E-state index contributed by atoms with van der Waals surface area (Å²) in [6.45, 7) is 5.70. The summed E-state index contributed by atoms with van der Waals surface area (Å²) in [5.41, 5.74) is 2.51. The van der Waals surface area contributed by atoms with Crippen molar-refractivity contribution in [3.8, 4) is 0 Å². The molecule has 2 heterocycles. The van der Waals surface area contributed by atoms with E-state index in [1.165, 1.54) is 22.9 Å². The predicted octanol–water partition coefficient (Wildman–Crippen LogP) is 5.35. The Morgan fingerprint density at radius 1 is 0.830 bits per heavy atom. The summed E-state index contributed by atoms with van der Waals surface area (Å²) in [5, 5.41) is 22.7. The van der Waals surface area contributed by atoms with Gasteiger partial charge in [-0.05, 0) is 54.9 Å². The number of rotatable bonds is 16. The first-order valence-corrected chi connectivity index (χ1v) is 17.1. The van der Waals surface area contributed by atoms with Crippen LogP contribution < -0.4 is 16.0 Å². The molecule has 4 rings (SSSR count). The van der Waals surface area contributed by atoms with Crippen molar-refractivity contribution < 1.29 is 29.0 Å². The monoisotopic (exact) mass is 679 g/mol. The third-order valence-electron chi connectivity index (χ3n) is 7.24. The van der Waals surface area contributed by atoms with Crippen LogP contribution in [0, 0.1) is 0 Å². The number of aromatic nitrogens is 2. The van der Waals surface area contributed by atoms with Gasteiger partial charge in [0.1, 0.15) is 19.3 Å². The van der Waals surface area contributed by atoms with E-state index in [0.29, 0.717) is 18.5 Å². The van der Waals surface area contributed by atoms with Gasteiger partial charge in [-0.25, -0.2) is 18.9 Å². The average molecular weight is 680 g/mol. The lowest BCUT2D eigenvalue weighted by atomic mass is 9.93. The van der Waals surface area contributed by atoms with Crippen molar-refractivity contribution in [1.29, 1.82) is 0 Å². The minimum Gasteiger partial charge on any atom is -0.444 e. The maximum Gasteiger partial charge on any atom is 0.408 e. The summed E-state index contributed by atoms with van der Waals surface area (Å²) in [6, 6.07) is 18.7. The minimum atomic E-state index is -1.05. The number of nitrogens with one attached hydrogen (secondary N) is 3. The first-order chi connectivity index (χ1) is 22.7. The molecule has 0 saturated heterocycles. The molecule has 0 aliphatic carbocycles. The Labute approximate surface area is 282 Å².